The van der Waals surface area contributed by atoms with E-state index in [4.69, 9.17) is 0 Å². The van der Waals surface area contributed by atoms with Crippen LogP contribution in [0, 0.1) is 0 Å². The fourth-order valence-electron chi connectivity index (χ4n) is 5.62. The van der Waals surface area contributed by atoms with Gasteiger partial charge in [0.2, 0.25) is 27.8 Å². The molecule has 224 valence electrons. The van der Waals surface area contributed by atoms with Crippen LogP contribution in [-0.2, 0) is 25.0 Å². The third-order valence-electron chi connectivity index (χ3n) is 7.66. The number of anilines is 2. The molecule has 5 rings (SSSR count). The van der Waals surface area contributed by atoms with E-state index in [0.717, 1.165) is 11.2 Å². The number of hydrogen-bond donors (Lipinski definition) is 3. The SMILES string of the molecule is CS(=O)(=O)Nc1ccc(C2(C(=O)N3C[C@H](F)C[C@@H]3C(=O)Nc3ccc4c(cnn4C(=O)O)n3)CCC(F)(F)CC2)cc1. The number of rotatable bonds is 6. The second kappa shape index (κ2) is 10.6. The van der Waals surface area contributed by atoms with E-state index in [9.17, 15) is 41.1 Å². The fraction of sp³-hybridized carbons (Fsp3) is 0.423. The number of likely N-dealkylation sites (tertiary alicyclic amines) is 1. The number of pyridine rings is 1. The summed E-state index contributed by atoms with van der Waals surface area (Å²) in [6, 6.07) is 7.24. The molecule has 0 unspecified atom stereocenters. The minimum absolute atomic E-state index is 0.0214. The molecule has 2 atom stereocenters. The summed E-state index contributed by atoms with van der Waals surface area (Å²) in [5.74, 6) is -4.39. The molecule has 0 radical (unpaired) electrons. The number of benzene rings is 1. The molecule has 2 fully saturated rings. The van der Waals surface area contributed by atoms with Crippen LogP contribution in [0.2, 0.25) is 0 Å². The highest BCUT2D eigenvalue weighted by atomic mass is 32.2. The first kappa shape index (κ1) is 29.3. The van der Waals surface area contributed by atoms with E-state index in [0.29, 0.717) is 10.2 Å². The molecular formula is C26H27F3N6O6S. The minimum atomic E-state index is -3.58. The molecule has 1 saturated heterocycles. The first-order chi connectivity index (χ1) is 19.7. The average Bonchev–Trinajstić information content (AvgIpc) is 3.51. The van der Waals surface area contributed by atoms with Crippen LogP contribution in [0.1, 0.15) is 37.7 Å². The van der Waals surface area contributed by atoms with Crippen LogP contribution >= 0.6 is 0 Å². The fourth-order valence-corrected chi connectivity index (χ4v) is 6.18. The van der Waals surface area contributed by atoms with Gasteiger partial charge in [0.1, 0.15) is 23.5 Å². The number of aromatic nitrogens is 3. The maximum absolute atomic E-state index is 14.8. The van der Waals surface area contributed by atoms with E-state index >= 15 is 0 Å². The molecular weight excluding hydrogens is 581 g/mol. The topological polar surface area (TPSA) is 164 Å². The highest BCUT2D eigenvalue weighted by Gasteiger charge is 2.53. The monoisotopic (exact) mass is 608 g/mol. The van der Waals surface area contributed by atoms with Crippen molar-refractivity contribution in [1.29, 1.82) is 0 Å². The number of alkyl halides is 3. The molecule has 1 aliphatic heterocycles. The van der Waals surface area contributed by atoms with Crippen LogP contribution < -0.4 is 10.0 Å². The number of amides is 2. The van der Waals surface area contributed by atoms with Crippen molar-refractivity contribution in [3.8, 4) is 0 Å². The number of fused-ring (bicyclic) bond motifs is 1. The van der Waals surface area contributed by atoms with Crippen molar-refractivity contribution in [2.24, 2.45) is 0 Å². The van der Waals surface area contributed by atoms with Crippen molar-refractivity contribution in [2.75, 3.05) is 22.8 Å². The summed E-state index contributed by atoms with van der Waals surface area (Å²) in [6.07, 6.45) is -2.74. The van der Waals surface area contributed by atoms with Gasteiger partial charge < -0.3 is 15.3 Å². The second-order valence-electron chi connectivity index (χ2n) is 10.6. The Morgan fingerprint density at radius 3 is 2.33 bits per heavy atom. The van der Waals surface area contributed by atoms with Crippen molar-refractivity contribution in [3.05, 3.63) is 48.2 Å². The molecule has 12 nitrogen and oxygen atoms in total. The van der Waals surface area contributed by atoms with Gasteiger partial charge in [-0.1, -0.05) is 12.1 Å². The summed E-state index contributed by atoms with van der Waals surface area (Å²) >= 11 is 0. The Balaban J connectivity index is 1.42. The highest BCUT2D eigenvalue weighted by molar-refractivity contribution is 7.92. The summed E-state index contributed by atoms with van der Waals surface area (Å²) in [4.78, 5) is 44.0. The van der Waals surface area contributed by atoms with E-state index in [1.807, 2.05) is 0 Å². The van der Waals surface area contributed by atoms with E-state index in [2.05, 4.69) is 20.1 Å². The predicted molar refractivity (Wildman–Crippen MR) is 145 cm³/mol. The number of nitrogens with one attached hydrogen (secondary N) is 2. The molecule has 42 heavy (non-hydrogen) atoms. The van der Waals surface area contributed by atoms with Gasteiger partial charge in [0.05, 0.1) is 29.9 Å². The van der Waals surface area contributed by atoms with Crippen LogP contribution in [-0.4, -0.2) is 82.0 Å². The van der Waals surface area contributed by atoms with Crippen molar-refractivity contribution in [3.63, 3.8) is 0 Å². The lowest BCUT2D eigenvalue weighted by molar-refractivity contribution is -0.146. The molecule has 2 aromatic heterocycles. The van der Waals surface area contributed by atoms with Gasteiger partial charge in [-0.3, -0.25) is 14.3 Å². The van der Waals surface area contributed by atoms with Crippen molar-refractivity contribution < 1.29 is 41.1 Å². The molecule has 0 spiro atoms. The molecule has 1 aromatic carbocycles. The molecule has 2 aliphatic rings. The normalized spacial score (nSPS) is 21.7. The van der Waals surface area contributed by atoms with Crippen molar-refractivity contribution >= 4 is 50.5 Å². The van der Waals surface area contributed by atoms with Crippen LogP contribution in [0.3, 0.4) is 0 Å². The number of hydrogen-bond acceptors (Lipinski definition) is 7. The number of nitrogens with zero attached hydrogens (tertiary/aromatic N) is 4. The van der Waals surface area contributed by atoms with Gasteiger partial charge in [-0.05, 0) is 42.7 Å². The zero-order valence-electron chi connectivity index (χ0n) is 22.3. The molecule has 16 heteroatoms. The van der Waals surface area contributed by atoms with Gasteiger partial charge in [0, 0.05) is 24.9 Å². The summed E-state index contributed by atoms with van der Waals surface area (Å²) < 4.78 is 69.5. The van der Waals surface area contributed by atoms with E-state index in [1.54, 1.807) is 0 Å². The summed E-state index contributed by atoms with van der Waals surface area (Å²) in [5, 5.41) is 15.4. The Bertz CT molecular complexity index is 1650. The van der Waals surface area contributed by atoms with E-state index in [1.165, 1.54) is 42.6 Å². The minimum Gasteiger partial charge on any atom is -0.463 e. The van der Waals surface area contributed by atoms with Gasteiger partial charge in [-0.25, -0.2) is 31.4 Å². The molecule has 3 aromatic rings. The number of carbonyl (C=O) groups excluding carboxylic acids is 2. The summed E-state index contributed by atoms with van der Waals surface area (Å²) in [5.41, 5.74) is -0.572. The van der Waals surface area contributed by atoms with Gasteiger partial charge in [0.15, 0.2) is 0 Å². The van der Waals surface area contributed by atoms with Gasteiger partial charge >= 0.3 is 6.09 Å². The largest absolute Gasteiger partial charge is 0.463 e. The molecule has 1 saturated carbocycles. The summed E-state index contributed by atoms with van der Waals surface area (Å²) in [7, 11) is -3.58. The molecule has 3 heterocycles. The quantitative estimate of drug-likeness (QED) is 0.384. The zero-order chi connectivity index (χ0) is 30.4. The van der Waals surface area contributed by atoms with Crippen LogP contribution in [0.15, 0.2) is 42.6 Å². The standard InChI is InChI=1S/C26H27F3N6O6S/c1-42(40,41)33-17-4-2-15(3-5-17)25(8-10-26(28,29)11-9-25)23(37)34-14-16(27)12-20(34)22(36)32-21-7-6-19-18(31-21)13-30-35(19)24(38)39/h2-7,13,16,20,33H,8-12,14H2,1H3,(H,38,39)(H,31,32,36)/t16-,20-/m1/s1. The van der Waals surface area contributed by atoms with Crippen molar-refractivity contribution in [1.82, 2.24) is 19.7 Å². The van der Waals surface area contributed by atoms with E-state index in [-0.39, 0.29) is 41.8 Å². The molecule has 3 N–H and O–H groups in total. The van der Waals surface area contributed by atoms with Crippen molar-refractivity contribution in [2.45, 2.75) is 55.7 Å². The maximum atomic E-state index is 14.8. The van der Waals surface area contributed by atoms with Crippen LogP contribution in [0.5, 0.6) is 0 Å². The van der Waals surface area contributed by atoms with Gasteiger partial charge in [-0.15, -0.1) is 0 Å². The van der Waals surface area contributed by atoms with Crippen LogP contribution in [0.25, 0.3) is 11.0 Å². The predicted octanol–water partition coefficient (Wildman–Crippen LogP) is 3.35. The third kappa shape index (κ3) is 5.75. The summed E-state index contributed by atoms with van der Waals surface area (Å²) in [6.45, 7) is -0.416. The van der Waals surface area contributed by atoms with E-state index < -0.39 is 70.9 Å². The Morgan fingerprint density at radius 1 is 1.05 bits per heavy atom. The third-order valence-corrected chi connectivity index (χ3v) is 8.26. The lowest BCUT2D eigenvalue weighted by Gasteiger charge is -2.42. The molecule has 0 bridgehead atoms. The Morgan fingerprint density at radius 2 is 1.71 bits per heavy atom. The first-order valence-electron chi connectivity index (χ1n) is 13.0. The number of carbonyl (C=O) groups is 3. The van der Waals surface area contributed by atoms with Gasteiger partial charge in [-0.2, -0.15) is 9.78 Å². The lowest BCUT2D eigenvalue weighted by atomic mass is 9.67. The highest BCUT2D eigenvalue weighted by Crippen LogP contribution is 2.47. The van der Waals surface area contributed by atoms with Crippen LogP contribution in [0.4, 0.5) is 29.5 Å². The first-order valence-corrected chi connectivity index (χ1v) is 14.9. The molecule has 2 amide bonds. The smallest absolute Gasteiger partial charge is 0.432 e. The number of carboxylic acid groups (broad SMARTS) is 1. The Labute approximate surface area is 237 Å². The number of halogens is 3. The average molecular weight is 609 g/mol. The van der Waals surface area contributed by atoms with Gasteiger partial charge in [0.25, 0.3) is 0 Å². The zero-order valence-corrected chi connectivity index (χ0v) is 23.1. The maximum Gasteiger partial charge on any atom is 0.432 e. The Kier molecular flexibility index (Phi) is 7.37. The lowest BCUT2D eigenvalue weighted by Crippen LogP contribution is -2.54. The molecule has 1 aliphatic carbocycles. The second-order valence-corrected chi connectivity index (χ2v) is 12.4. The number of sulfonamides is 1. The Hall–Kier alpha value is -4.21.